The Morgan fingerprint density at radius 1 is 0.848 bits per heavy atom. The molecule has 3 aromatic carbocycles. The Labute approximate surface area is 195 Å². The van der Waals surface area contributed by atoms with Crippen LogP contribution in [0.4, 0.5) is 5.69 Å². The Morgan fingerprint density at radius 3 is 2.15 bits per heavy atom. The van der Waals surface area contributed by atoms with E-state index < -0.39 is 15.9 Å². The van der Waals surface area contributed by atoms with E-state index in [1.54, 1.807) is 42.5 Å². The highest BCUT2D eigenvalue weighted by Crippen LogP contribution is 2.25. The second-order valence-corrected chi connectivity index (χ2v) is 8.93. The second-order valence-electron chi connectivity index (χ2n) is 7.07. The van der Waals surface area contributed by atoms with E-state index in [1.165, 1.54) is 12.1 Å². The molecule has 3 aromatic rings. The van der Waals surface area contributed by atoms with Gasteiger partial charge in [0.05, 0.1) is 23.8 Å². The zero-order valence-electron chi connectivity index (χ0n) is 18.7. The van der Waals surface area contributed by atoms with Gasteiger partial charge >= 0.3 is 0 Å². The van der Waals surface area contributed by atoms with E-state index in [1.807, 2.05) is 38.1 Å². The van der Waals surface area contributed by atoms with Crippen LogP contribution in [0, 0.1) is 0 Å². The number of carbonyl (C=O) groups is 1. The molecule has 0 radical (unpaired) electrons. The van der Waals surface area contributed by atoms with E-state index in [0.717, 1.165) is 9.87 Å². The minimum atomic E-state index is -3.99. The molecule has 0 spiro atoms. The maximum Gasteiger partial charge on any atom is 0.264 e. The van der Waals surface area contributed by atoms with E-state index in [9.17, 15) is 13.2 Å². The zero-order valence-corrected chi connectivity index (χ0v) is 19.5. The summed E-state index contributed by atoms with van der Waals surface area (Å²) in [6, 6.07) is 22.1. The van der Waals surface area contributed by atoms with Crippen LogP contribution < -0.4 is 19.1 Å². The highest BCUT2D eigenvalue weighted by Gasteiger charge is 2.27. The number of hydrogen-bond acceptors (Lipinski definition) is 5. The van der Waals surface area contributed by atoms with Crippen LogP contribution in [0.1, 0.15) is 19.4 Å². The molecule has 0 aliphatic heterocycles. The predicted octanol–water partition coefficient (Wildman–Crippen LogP) is 4.00. The van der Waals surface area contributed by atoms with E-state index in [2.05, 4.69) is 5.32 Å². The van der Waals surface area contributed by atoms with Gasteiger partial charge in [-0.15, -0.1) is 0 Å². The average Bonchev–Trinajstić information content (AvgIpc) is 2.83. The number of hydrogen-bond donors (Lipinski definition) is 1. The molecule has 0 heterocycles. The molecule has 0 bridgehead atoms. The molecule has 1 amide bonds. The van der Waals surface area contributed by atoms with E-state index in [-0.39, 0.29) is 18.0 Å². The summed E-state index contributed by atoms with van der Waals surface area (Å²) in [4.78, 5) is 12.9. The zero-order chi connectivity index (χ0) is 23.7. The molecule has 0 fully saturated rings. The van der Waals surface area contributed by atoms with Crippen molar-refractivity contribution < 1.29 is 22.7 Å². The molecule has 8 heteroatoms. The maximum absolute atomic E-state index is 13.4. The van der Waals surface area contributed by atoms with Gasteiger partial charge < -0.3 is 14.8 Å². The number of amides is 1. The fourth-order valence-electron chi connectivity index (χ4n) is 3.24. The first-order valence-corrected chi connectivity index (χ1v) is 12.2. The van der Waals surface area contributed by atoms with Gasteiger partial charge in [0, 0.05) is 12.1 Å². The molecule has 0 unspecified atom stereocenters. The first kappa shape index (κ1) is 24.1. The molecular weight excluding hydrogens is 440 g/mol. The average molecular weight is 469 g/mol. The van der Waals surface area contributed by atoms with Crippen molar-refractivity contribution in [3.63, 3.8) is 0 Å². The monoisotopic (exact) mass is 468 g/mol. The van der Waals surface area contributed by atoms with Crippen molar-refractivity contribution in [1.29, 1.82) is 0 Å². The predicted molar refractivity (Wildman–Crippen MR) is 128 cm³/mol. The summed E-state index contributed by atoms with van der Waals surface area (Å²) in [6.07, 6.45) is 0. The van der Waals surface area contributed by atoms with Gasteiger partial charge in [0.15, 0.2) is 0 Å². The highest BCUT2D eigenvalue weighted by atomic mass is 32.2. The van der Waals surface area contributed by atoms with Crippen molar-refractivity contribution in [2.24, 2.45) is 0 Å². The van der Waals surface area contributed by atoms with Gasteiger partial charge in [0.1, 0.15) is 18.0 Å². The third-order valence-electron chi connectivity index (χ3n) is 4.80. The van der Waals surface area contributed by atoms with Gasteiger partial charge in [0.25, 0.3) is 10.0 Å². The summed E-state index contributed by atoms with van der Waals surface area (Å²) in [5, 5.41) is 2.80. The number of carbonyl (C=O) groups excluding carboxylic acids is 1. The SMILES string of the molecule is CCOc1ccc(S(=O)(=O)N(CC(=O)NCc2ccccc2OCC)c2ccccc2)cc1. The number of anilines is 1. The smallest absolute Gasteiger partial charge is 0.264 e. The normalized spacial score (nSPS) is 11.0. The number of sulfonamides is 1. The molecule has 0 atom stereocenters. The Kier molecular flexibility index (Phi) is 8.32. The third-order valence-corrected chi connectivity index (χ3v) is 6.59. The second kappa shape index (κ2) is 11.4. The summed E-state index contributed by atoms with van der Waals surface area (Å²) in [5.41, 5.74) is 1.21. The molecular formula is C25H28N2O5S. The molecule has 174 valence electrons. The molecule has 3 rings (SSSR count). The van der Waals surface area contributed by atoms with Crippen molar-refractivity contribution in [2.45, 2.75) is 25.3 Å². The van der Waals surface area contributed by atoms with Crippen molar-refractivity contribution >= 4 is 21.6 Å². The molecule has 1 N–H and O–H groups in total. The van der Waals surface area contributed by atoms with E-state index in [0.29, 0.717) is 30.4 Å². The van der Waals surface area contributed by atoms with Gasteiger partial charge in [0.2, 0.25) is 5.91 Å². The number of benzene rings is 3. The van der Waals surface area contributed by atoms with Gasteiger partial charge in [-0.2, -0.15) is 0 Å². The lowest BCUT2D eigenvalue weighted by atomic mass is 10.2. The van der Waals surface area contributed by atoms with Gasteiger partial charge in [-0.05, 0) is 56.3 Å². The van der Waals surface area contributed by atoms with Crippen LogP contribution in [0.2, 0.25) is 0 Å². The lowest BCUT2D eigenvalue weighted by Crippen LogP contribution is -2.40. The summed E-state index contributed by atoms with van der Waals surface area (Å²) >= 11 is 0. The quantitative estimate of drug-likeness (QED) is 0.460. The summed E-state index contributed by atoms with van der Waals surface area (Å²) in [5.74, 6) is 0.829. The van der Waals surface area contributed by atoms with E-state index in [4.69, 9.17) is 9.47 Å². The molecule has 7 nitrogen and oxygen atoms in total. The van der Waals surface area contributed by atoms with Crippen LogP contribution in [-0.2, 0) is 21.4 Å². The Morgan fingerprint density at radius 2 is 1.48 bits per heavy atom. The van der Waals surface area contributed by atoms with Crippen LogP contribution in [-0.4, -0.2) is 34.1 Å². The van der Waals surface area contributed by atoms with Crippen LogP contribution in [0.5, 0.6) is 11.5 Å². The number of nitrogens with zero attached hydrogens (tertiary/aromatic N) is 1. The first-order chi connectivity index (χ1) is 16.0. The van der Waals surface area contributed by atoms with Crippen LogP contribution in [0.15, 0.2) is 83.8 Å². The number of rotatable bonds is 11. The first-order valence-electron chi connectivity index (χ1n) is 10.7. The standard InChI is InChI=1S/C25H28N2O5S/c1-3-31-22-14-16-23(17-15-22)33(29,30)27(21-11-6-5-7-12-21)19-25(28)26-18-20-10-8-9-13-24(20)32-4-2/h5-17H,3-4,18-19H2,1-2H3,(H,26,28). The molecule has 0 aliphatic carbocycles. The Hall–Kier alpha value is -3.52. The topological polar surface area (TPSA) is 84.9 Å². The number of nitrogens with one attached hydrogen (secondary N) is 1. The minimum Gasteiger partial charge on any atom is -0.494 e. The summed E-state index contributed by atoms with van der Waals surface area (Å²) in [6.45, 7) is 4.59. The van der Waals surface area contributed by atoms with E-state index >= 15 is 0 Å². The van der Waals surface area contributed by atoms with Crippen LogP contribution >= 0.6 is 0 Å². The summed E-state index contributed by atoms with van der Waals surface area (Å²) < 4.78 is 39.0. The third kappa shape index (κ3) is 6.26. The van der Waals surface area contributed by atoms with Crippen molar-refractivity contribution in [3.8, 4) is 11.5 Å². The highest BCUT2D eigenvalue weighted by molar-refractivity contribution is 7.92. The molecule has 0 aromatic heterocycles. The largest absolute Gasteiger partial charge is 0.494 e. The molecule has 33 heavy (non-hydrogen) atoms. The molecule has 0 saturated heterocycles. The minimum absolute atomic E-state index is 0.0734. The lowest BCUT2D eigenvalue weighted by molar-refractivity contribution is -0.119. The van der Waals surface area contributed by atoms with Gasteiger partial charge in [-0.25, -0.2) is 8.42 Å². The lowest BCUT2D eigenvalue weighted by Gasteiger charge is -2.24. The van der Waals surface area contributed by atoms with Crippen molar-refractivity contribution in [2.75, 3.05) is 24.1 Å². The van der Waals surface area contributed by atoms with Gasteiger partial charge in [-0.1, -0.05) is 36.4 Å². The van der Waals surface area contributed by atoms with Gasteiger partial charge in [-0.3, -0.25) is 9.10 Å². The fourth-order valence-corrected chi connectivity index (χ4v) is 4.66. The van der Waals surface area contributed by atoms with Crippen LogP contribution in [0.25, 0.3) is 0 Å². The van der Waals surface area contributed by atoms with Crippen molar-refractivity contribution in [1.82, 2.24) is 5.32 Å². The van der Waals surface area contributed by atoms with Crippen LogP contribution in [0.3, 0.4) is 0 Å². The maximum atomic E-state index is 13.4. The Balaban J connectivity index is 1.81. The fraction of sp³-hybridized carbons (Fsp3) is 0.240. The number of ether oxygens (including phenoxy) is 2. The molecule has 0 saturated carbocycles. The van der Waals surface area contributed by atoms with Crippen molar-refractivity contribution in [3.05, 3.63) is 84.4 Å². The Bertz CT molecular complexity index is 1150. The summed E-state index contributed by atoms with van der Waals surface area (Å²) in [7, 11) is -3.99. The number of para-hydroxylation sites is 2. The molecule has 0 aliphatic rings.